The van der Waals surface area contributed by atoms with E-state index in [1.54, 1.807) is 6.21 Å². The Bertz CT molecular complexity index is 1410. The molecule has 1 aromatic heterocycles. The highest BCUT2D eigenvalue weighted by molar-refractivity contribution is 9.10. The molecule has 4 rings (SSSR count). The Morgan fingerprint density at radius 1 is 1.13 bits per heavy atom. The average Bonchev–Trinajstić information content (AvgIpc) is 3.38. The van der Waals surface area contributed by atoms with E-state index in [1.807, 2.05) is 73.0 Å². The highest BCUT2D eigenvalue weighted by atomic mass is 79.9. The molecule has 3 aromatic carbocycles. The lowest BCUT2D eigenvalue weighted by molar-refractivity contribution is -0.118. The number of rotatable bonds is 11. The van der Waals surface area contributed by atoms with Crippen molar-refractivity contribution in [2.45, 2.75) is 17.9 Å². The molecule has 0 unspecified atom stereocenters. The van der Waals surface area contributed by atoms with E-state index in [0.717, 1.165) is 35.7 Å². The van der Waals surface area contributed by atoms with Crippen molar-refractivity contribution in [2.24, 2.45) is 5.10 Å². The molecule has 196 valence electrons. The van der Waals surface area contributed by atoms with Gasteiger partial charge in [0.1, 0.15) is 6.61 Å². The summed E-state index contributed by atoms with van der Waals surface area (Å²) in [6.07, 6.45) is 1.57. The van der Waals surface area contributed by atoms with Crippen LogP contribution in [0.3, 0.4) is 0 Å². The van der Waals surface area contributed by atoms with Gasteiger partial charge < -0.3 is 9.47 Å². The monoisotopic (exact) mass is 693 g/mol. The van der Waals surface area contributed by atoms with E-state index in [0.29, 0.717) is 29.7 Å². The zero-order valence-electron chi connectivity index (χ0n) is 20.1. The summed E-state index contributed by atoms with van der Waals surface area (Å²) in [5.41, 5.74) is 6.18. The number of nitrogens with one attached hydrogen (secondary N) is 1. The molecule has 1 amide bonds. The summed E-state index contributed by atoms with van der Waals surface area (Å²) in [5.74, 6) is 1.16. The molecule has 6 nitrogen and oxygen atoms in total. The fourth-order valence-electron chi connectivity index (χ4n) is 3.22. The maximum atomic E-state index is 12.3. The largest absolute Gasteiger partial charge is 0.490 e. The van der Waals surface area contributed by atoms with Crippen LogP contribution in [0.5, 0.6) is 11.5 Å². The number of hydrogen-bond donors (Lipinski definition) is 1. The lowest BCUT2D eigenvalue weighted by Gasteiger charge is -2.14. The Morgan fingerprint density at radius 2 is 1.89 bits per heavy atom. The molecule has 0 saturated heterocycles. The van der Waals surface area contributed by atoms with Crippen molar-refractivity contribution in [3.8, 4) is 22.8 Å². The number of thiazole rings is 1. The van der Waals surface area contributed by atoms with Crippen molar-refractivity contribution in [1.82, 2.24) is 10.4 Å². The van der Waals surface area contributed by atoms with Crippen LogP contribution in [0.2, 0.25) is 5.02 Å². The highest BCUT2D eigenvalue weighted by Gasteiger charge is 2.13. The summed E-state index contributed by atoms with van der Waals surface area (Å²) in [4.78, 5) is 16.9. The minimum atomic E-state index is -0.229. The van der Waals surface area contributed by atoms with Crippen molar-refractivity contribution in [2.75, 3.05) is 12.4 Å². The van der Waals surface area contributed by atoms with Crippen LogP contribution in [0.4, 0.5) is 0 Å². The van der Waals surface area contributed by atoms with Gasteiger partial charge in [-0.3, -0.25) is 4.79 Å². The first-order valence-corrected chi connectivity index (χ1v) is 15.2. The van der Waals surface area contributed by atoms with Crippen molar-refractivity contribution >= 4 is 78.7 Å². The number of carbonyl (C=O) groups excluding carboxylic acids is 1. The molecule has 0 fully saturated rings. The lowest BCUT2D eigenvalue weighted by Crippen LogP contribution is -2.19. The fraction of sp³-hybridized carbons (Fsp3) is 0.148. The Kier molecular flexibility index (Phi) is 10.7. The first kappa shape index (κ1) is 28.6. The third-order valence-electron chi connectivity index (χ3n) is 4.98. The second-order valence-corrected chi connectivity index (χ2v) is 12.1. The molecule has 1 heterocycles. The lowest BCUT2D eigenvalue weighted by atomic mass is 10.2. The van der Waals surface area contributed by atoms with Gasteiger partial charge in [-0.05, 0) is 70.4 Å². The number of carbonyl (C=O) groups is 1. The molecular formula is C27H22Br2ClN3O3S2. The second kappa shape index (κ2) is 14.1. The maximum Gasteiger partial charge on any atom is 0.250 e. The number of halogens is 3. The average molecular weight is 696 g/mol. The van der Waals surface area contributed by atoms with Crippen LogP contribution in [0.1, 0.15) is 18.1 Å². The number of nitrogens with zero attached hydrogens (tertiary/aromatic N) is 2. The Morgan fingerprint density at radius 3 is 2.63 bits per heavy atom. The number of hydrogen-bond acceptors (Lipinski definition) is 7. The summed E-state index contributed by atoms with van der Waals surface area (Å²) in [6, 6.07) is 19.1. The van der Waals surface area contributed by atoms with Crippen molar-refractivity contribution in [1.29, 1.82) is 0 Å². The number of aromatic nitrogens is 1. The van der Waals surface area contributed by atoms with Gasteiger partial charge in [-0.25, -0.2) is 10.4 Å². The van der Waals surface area contributed by atoms with Gasteiger partial charge in [0.05, 0.1) is 28.7 Å². The standard InChI is InChI=1S/C27H22Br2ClN3O3S2/c1-2-35-24-12-18(11-22(29)26(24)36-14-17-3-7-20(28)8-4-17)13-31-33-25(34)16-38-27-32-23(15-37-27)19-5-9-21(30)10-6-19/h3-13,15H,2,14,16H2,1H3,(H,33,34)/b31-13+. The fourth-order valence-corrected chi connectivity index (χ4v) is 5.81. The first-order chi connectivity index (χ1) is 18.4. The van der Waals surface area contributed by atoms with E-state index < -0.39 is 0 Å². The summed E-state index contributed by atoms with van der Waals surface area (Å²) >= 11 is 15.8. The number of thioether (sulfide) groups is 1. The van der Waals surface area contributed by atoms with Crippen LogP contribution >= 0.6 is 66.6 Å². The molecule has 0 saturated carbocycles. The van der Waals surface area contributed by atoms with Crippen LogP contribution in [0.25, 0.3) is 11.3 Å². The van der Waals surface area contributed by atoms with E-state index in [9.17, 15) is 4.79 Å². The van der Waals surface area contributed by atoms with Gasteiger partial charge in [0.2, 0.25) is 0 Å². The van der Waals surface area contributed by atoms with Gasteiger partial charge in [0.15, 0.2) is 15.8 Å². The van der Waals surface area contributed by atoms with Gasteiger partial charge in [0.25, 0.3) is 5.91 Å². The molecule has 0 aliphatic heterocycles. The second-order valence-electron chi connectivity index (χ2n) is 7.77. The predicted molar refractivity (Wildman–Crippen MR) is 163 cm³/mol. The third-order valence-corrected chi connectivity index (χ3v) is 8.37. The molecule has 11 heteroatoms. The van der Waals surface area contributed by atoms with E-state index in [-0.39, 0.29) is 11.7 Å². The summed E-state index contributed by atoms with van der Waals surface area (Å²) in [5, 5.41) is 6.74. The topological polar surface area (TPSA) is 72.8 Å². The highest BCUT2D eigenvalue weighted by Crippen LogP contribution is 2.37. The number of benzene rings is 3. The molecule has 0 atom stereocenters. The van der Waals surface area contributed by atoms with Crippen molar-refractivity contribution in [3.63, 3.8) is 0 Å². The zero-order chi connectivity index (χ0) is 26.9. The Hall–Kier alpha value is -2.37. The Balaban J connectivity index is 1.32. The van der Waals surface area contributed by atoms with Crippen molar-refractivity contribution < 1.29 is 14.3 Å². The molecule has 0 aliphatic rings. The van der Waals surface area contributed by atoms with E-state index in [4.69, 9.17) is 21.1 Å². The normalized spacial score (nSPS) is 11.1. The van der Waals surface area contributed by atoms with Crippen molar-refractivity contribution in [3.05, 3.63) is 91.1 Å². The summed E-state index contributed by atoms with van der Waals surface area (Å²) in [7, 11) is 0. The van der Waals surface area contributed by atoms with Crippen LogP contribution in [0, 0.1) is 0 Å². The molecular weight excluding hydrogens is 674 g/mol. The third kappa shape index (κ3) is 8.31. The summed E-state index contributed by atoms with van der Waals surface area (Å²) in [6.45, 7) is 2.78. The SMILES string of the molecule is CCOc1cc(/C=N/NC(=O)CSc2nc(-c3ccc(Cl)cc3)cs2)cc(Br)c1OCc1ccc(Br)cc1. The Labute approximate surface area is 251 Å². The number of ether oxygens (including phenoxy) is 2. The number of hydrazone groups is 1. The van der Waals surface area contributed by atoms with Gasteiger partial charge in [-0.15, -0.1) is 11.3 Å². The quantitative estimate of drug-likeness (QED) is 0.0973. The molecule has 0 bridgehead atoms. The minimum Gasteiger partial charge on any atom is -0.490 e. The van der Waals surface area contributed by atoms with E-state index >= 15 is 0 Å². The number of amides is 1. The first-order valence-electron chi connectivity index (χ1n) is 11.4. The summed E-state index contributed by atoms with van der Waals surface area (Å²) < 4.78 is 14.4. The molecule has 0 aliphatic carbocycles. The zero-order valence-corrected chi connectivity index (χ0v) is 25.7. The van der Waals surface area contributed by atoms with Gasteiger partial charge in [-0.1, -0.05) is 63.6 Å². The molecule has 0 spiro atoms. The minimum absolute atomic E-state index is 0.196. The van der Waals surface area contributed by atoms with Crippen LogP contribution in [0.15, 0.2) is 84.4 Å². The molecule has 1 N–H and O–H groups in total. The molecule has 38 heavy (non-hydrogen) atoms. The molecule has 0 radical (unpaired) electrons. The van der Waals surface area contributed by atoms with Gasteiger partial charge in [-0.2, -0.15) is 5.10 Å². The van der Waals surface area contributed by atoms with Crippen LogP contribution in [-0.4, -0.2) is 29.5 Å². The van der Waals surface area contributed by atoms with Crippen LogP contribution in [-0.2, 0) is 11.4 Å². The van der Waals surface area contributed by atoms with E-state index in [2.05, 4.69) is 47.4 Å². The van der Waals surface area contributed by atoms with Crippen LogP contribution < -0.4 is 14.9 Å². The predicted octanol–water partition coefficient (Wildman–Crippen LogP) is 8.21. The van der Waals surface area contributed by atoms with Gasteiger partial charge >= 0.3 is 0 Å². The molecule has 4 aromatic rings. The smallest absolute Gasteiger partial charge is 0.250 e. The van der Waals surface area contributed by atoms with E-state index in [1.165, 1.54) is 23.1 Å². The maximum absolute atomic E-state index is 12.3. The van der Waals surface area contributed by atoms with Gasteiger partial charge in [0, 0.05) is 20.4 Å².